The molecule has 3 N–H and O–H groups in total. The minimum atomic E-state index is -0.0544. The van der Waals surface area contributed by atoms with Crippen LogP contribution in [0.5, 0.6) is 0 Å². The second-order valence-electron chi connectivity index (χ2n) is 3.74. The van der Waals surface area contributed by atoms with Crippen LogP contribution >= 0.6 is 0 Å². The van der Waals surface area contributed by atoms with Gasteiger partial charge in [-0.25, -0.2) is 0 Å². The molecule has 0 amide bonds. The Kier molecular flexibility index (Phi) is 1.95. The van der Waals surface area contributed by atoms with E-state index in [-0.39, 0.29) is 11.5 Å². The first-order chi connectivity index (χ1) is 5.02. The Bertz CT molecular complexity index is 209. The SMILES string of the molecule is CC(C)(C)[C@H](N)c1c[nH]nn1. The first-order valence-corrected chi connectivity index (χ1v) is 3.64. The van der Waals surface area contributed by atoms with Gasteiger partial charge >= 0.3 is 0 Å². The summed E-state index contributed by atoms with van der Waals surface area (Å²) >= 11 is 0. The Hall–Kier alpha value is -0.900. The number of hydrogen-bond donors (Lipinski definition) is 2. The lowest BCUT2D eigenvalue weighted by molar-refractivity contribution is 0.321. The summed E-state index contributed by atoms with van der Waals surface area (Å²) in [4.78, 5) is 0. The lowest BCUT2D eigenvalue weighted by atomic mass is 9.86. The fourth-order valence-corrected chi connectivity index (χ4v) is 0.806. The first kappa shape index (κ1) is 8.20. The van der Waals surface area contributed by atoms with Crippen molar-refractivity contribution in [2.24, 2.45) is 11.1 Å². The summed E-state index contributed by atoms with van der Waals surface area (Å²) in [6, 6.07) is -0.0544. The number of H-pyrrole nitrogens is 1. The zero-order valence-electron chi connectivity index (χ0n) is 7.13. The third kappa shape index (κ3) is 1.77. The molecule has 0 unspecified atom stereocenters. The summed E-state index contributed by atoms with van der Waals surface area (Å²) in [6.45, 7) is 6.23. The number of aromatic nitrogens is 3. The highest BCUT2D eigenvalue weighted by Gasteiger charge is 2.23. The number of nitrogens with zero attached hydrogens (tertiary/aromatic N) is 2. The highest BCUT2D eigenvalue weighted by atomic mass is 15.3. The Morgan fingerprint density at radius 3 is 2.55 bits per heavy atom. The van der Waals surface area contributed by atoms with E-state index in [1.165, 1.54) is 0 Å². The lowest BCUT2D eigenvalue weighted by Crippen LogP contribution is -2.26. The minimum absolute atomic E-state index is 0.0386. The van der Waals surface area contributed by atoms with E-state index in [0.717, 1.165) is 5.69 Å². The second kappa shape index (κ2) is 2.62. The zero-order chi connectivity index (χ0) is 8.48. The molecule has 1 heterocycles. The Morgan fingerprint density at radius 1 is 1.55 bits per heavy atom. The summed E-state index contributed by atoms with van der Waals surface area (Å²) in [5, 5.41) is 10.1. The van der Waals surface area contributed by atoms with Crippen LogP contribution in [0.2, 0.25) is 0 Å². The van der Waals surface area contributed by atoms with Crippen LogP contribution in [0.3, 0.4) is 0 Å². The average Bonchev–Trinajstić information content (AvgIpc) is 2.34. The maximum atomic E-state index is 5.89. The number of rotatable bonds is 1. The van der Waals surface area contributed by atoms with Crippen molar-refractivity contribution in [3.8, 4) is 0 Å². The Balaban J connectivity index is 2.78. The summed E-state index contributed by atoms with van der Waals surface area (Å²) < 4.78 is 0. The maximum absolute atomic E-state index is 5.89. The third-order valence-corrected chi connectivity index (χ3v) is 1.69. The molecule has 0 aromatic carbocycles. The maximum Gasteiger partial charge on any atom is 0.0996 e. The zero-order valence-corrected chi connectivity index (χ0v) is 7.13. The van der Waals surface area contributed by atoms with Crippen molar-refractivity contribution in [3.63, 3.8) is 0 Å². The molecule has 0 spiro atoms. The second-order valence-corrected chi connectivity index (χ2v) is 3.74. The van der Waals surface area contributed by atoms with Gasteiger partial charge in [0.2, 0.25) is 0 Å². The monoisotopic (exact) mass is 154 g/mol. The summed E-state index contributed by atoms with van der Waals surface area (Å²) in [6.07, 6.45) is 1.73. The van der Waals surface area contributed by atoms with Crippen molar-refractivity contribution in [2.45, 2.75) is 26.8 Å². The third-order valence-electron chi connectivity index (χ3n) is 1.69. The van der Waals surface area contributed by atoms with E-state index in [1.54, 1.807) is 6.20 Å². The quantitative estimate of drug-likeness (QED) is 0.630. The predicted molar refractivity (Wildman–Crippen MR) is 42.8 cm³/mol. The van der Waals surface area contributed by atoms with E-state index in [4.69, 9.17) is 5.73 Å². The van der Waals surface area contributed by atoms with Crippen molar-refractivity contribution < 1.29 is 0 Å². The van der Waals surface area contributed by atoms with E-state index in [1.807, 2.05) is 0 Å². The predicted octanol–water partition coefficient (Wildman–Crippen LogP) is 0.851. The van der Waals surface area contributed by atoms with E-state index in [2.05, 4.69) is 36.2 Å². The fraction of sp³-hybridized carbons (Fsp3) is 0.714. The van der Waals surface area contributed by atoms with Crippen LogP contribution in [0.4, 0.5) is 0 Å². The summed E-state index contributed by atoms with van der Waals surface area (Å²) in [5.74, 6) is 0. The highest BCUT2D eigenvalue weighted by Crippen LogP contribution is 2.28. The largest absolute Gasteiger partial charge is 0.322 e. The lowest BCUT2D eigenvalue weighted by Gasteiger charge is -2.24. The van der Waals surface area contributed by atoms with Gasteiger partial charge in [-0.2, -0.15) is 0 Å². The van der Waals surface area contributed by atoms with Gasteiger partial charge in [0.1, 0.15) is 0 Å². The van der Waals surface area contributed by atoms with Crippen LogP contribution in [0.25, 0.3) is 0 Å². The van der Waals surface area contributed by atoms with E-state index >= 15 is 0 Å². The molecule has 0 aliphatic rings. The van der Waals surface area contributed by atoms with Crippen LogP contribution in [0, 0.1) is 5.41 Å². The van der Waals surface area contributed by atoms with Crippen LogP contribution in [0.1, 0.15) is 32.5 Å². The highest BCUT2D eigenvalue weighted by molar-refractivity contribution is 5.02. The van der Waals surface area contributed by atoms with Gasteiger partial charge in [0.25, 0.3) is 0 Å². The van der Waals surface area contributed by atoms with Crippen LogP contribution in [-0.4, -0.2) is 15.4 Å². The van der Waals surface area contributed by atoms with Gasteiger partial charge in [-0.3, -0.25) is 5.10 Å². The molecule has 0 saturated heterocycles. The van der Waals surface area contributed by atoms with E-state index < -0.39 is 0 Å². The number of aromatic amines is 1. The Morgan fingerprint density at radius 2 is 2.18 bits per heavy atom. The topological polar surface area (TPSA) is 67.6 Å². The average molecular weight is 154 g/mol. The van der Waals surface area contributed by atoms with Gasteiger partial charge in [-0.05, 0) is 5.41 Å². The molecule has 0 bridgehead atoms. The van der Waals surface area contributed by atoms with Crippen molar-refractivity contribution in [3.05, 3.63) is 11.9 Å². The minimum Gasteiger partial charge on any atom is -0.322 e. The number of hydrogen-bond acceptors (Lipinski definition) is 3. The molecule has 0 radical (unpaired) electrons. The van der Waals surface area contributed by atoms with Gasteiger partial charge in [0.15, 0.2) is 0 Å². The Labute approximate surface area is 66.2 Å². The van der Waals surface area contributed by atoms with Gasteiger partial charge in [-0.1, -0.05) is 26.0 Å². The normalized spacial score (nSPS) is 14.9. The standard InChI is InChI=1S/C7H14N4/c1-7(2,3)6(8)5-4-9-11-10-5/h4,6H,8H2,1-3H3,(H,9,10,11)/t6-/m1/s1. The molecule has 0 saturated carbocycles. The van der Waals surface area contributed by atoms with E-state index in [9.17, 15) is 0 Å². The molecule has 0 fully saturated rings. The molecular weight excluding hydrogens is 140 g/mol. The van der Waals surface area contributed by atoms with Crippen LogP contribution in [0.15, 0.2) is 6.20 Å². The molecule has 1 aromatic heterocycles. The summed E-state index contributed by atoms with van der Waals surface area (Å²) in [5.41, 5.74) is 6.75. The summed E-state index contributed by atoms with van der Waals surface area (Å²) in [7, 11) is 0. The van der Waals surface area contributed by atoms with Crippen LogP contribution in [-0.2, 0) is 0 Å². The van der Waals surface area contributed by atoms with Gasteiger partial charge in [0.05, 0.1) is 11.7 Å². The molecule has 0 aliphatic heterocycles. The van der Waals surface area contributed by atoms with Crippen molar-refractivity contribution >= 4 is 0 Å². The van der Waals surface area contributed by atoms with Gasteiger partial charge in [0, 0.05) is 6.20 Å². The molecule has 0 aliphatic carbocycles. The smallest absolute Gasteiger partial charge is 0.0996 e. The van der Waals surface area contributed by atoms with Crippen LogP contribution < -0.4 is 5.73 Å². The number of nitrogens with one attached hydrogen (secondary N) is 1. The molecule has 4 heteroatoms. The molecule has 62 valence electrons. The first-order valence-electron chi connectivity index (χ1n) is 3.64. The molecule has 11 heavy (non-hydrogen) atoms. The van der Waals surface area contributed by atoms with Gasteiger partial charge in [-0.15, -0.1) is 5.10 Å². The van der Waals surface area contributed by atoms with Crippen molar-refractivity contribution in [1.29, 1.82) is 0 Å². The fourth-order valence-electron chi connectivity index (χ4n) is 0.806. The van der Waals surface area contributed by atoms with E-state index in [0.29, 0.717) is 0 Å². The number of nitrogens with two attached hydrogens (primary N) is 1. The molecule has 1 aromatic rings. The molecule has 1 rings (SSSR count). The van der Waals surface area contributed by atoms with Crippen molar-refractivity contribution in [2.75, 3.05) is 0 Å². The molecule has 4 nitrogen and oxygen atoms in total. The molecule has 1 atom stereocenters. The molecular formula is C7H14N4. The van der Waals surface area contributed by atoms with Crippen molar-refractivity contribution in [1.82, 2.24) is 15.4 Å². The van der Waals surface area contributed by atoms with Gasteiger partial charge < -0.3 is 5.73 Å².